The molecule has 0 saturated heterocycles. The van der Waals surface area contributed by atoms with Crippen molar-refractivity contribution in [1.82, 2.24) is 25.1 Å². The van der Waals surface area contributed by atoms with E-state index in [2.05, 4.69) is 20.4 Å². The molecule has 1 amide bonds. The fourth-order valence-corrected chi connectivity index (χ4v) is 3.03. The summed E-state index contributed by atoms with van der Waals surface area (Å²) in [5.41, 5.74) is 2.61. The molecule has 7 heteroatoms. The second-order valence-electron chi connectivity index (χ2n) is 6.19. The molecule has 4 heterocycles. The van der Waals surface area contributed by atoms with E-state index < -0.39 is 0 Å². The second-order valence-corrected chi connectivity index (χ2v) is 6.19. The van der Waals surface area contributed by atoms with Crippen LogP contribution in [0.1, 0.15) is 21.7 Å². The number of amides is 1. The summed E-state index contributed by atoms with van der Waals surface area (Å²) in [4.78, 5) is 20.2. The molecule has 1 atom stereocenters. The van der Waals surface area contributed by atoms with Gasteiger partial charge in [-0.15, -0.1) is 0 Å². The van der Waals surface area contributed by atoms with Gasteiger partial charge in [-0.25, -0.2) is 0 Å². The summed E-state index contributed by atoms with van der Waals surface area (Å²) in [7, 11) is 0. The van der Waals surface area contributed by atoms with E-state index in [1.54, 1.807) is 24.8 Å². The highest BCUT2D eigenvalue weighted by Gasteiger charge is 2.26. The van der Waals surface area contributed by atoms with Crippen LogP contribution in [0.5, 0.6) is 5.75 Å². The van der Waals surface area contributed by atoms with E-state index in [0.717, 1.165) is 29.8 Å². The lowest BCUT2D eigenvalue weighted by Gasteiger charge is -2.12. The highest BCUT2D eigenvalue weighted by Crippen LogP contribution is 2.21. The summed E-state index contributed by atoms with van der Waals surface area (Å²) in [5.74, 6) is 0.650. The maximum atomic E-state index is 12.3. The monoisotopic (exact) mass is 349 g/mol. The molecular weight excluding hydrogens is 330 g/mol. The minimum absolute atomic E-state index is 0.0312. The van der Waals surface area contributed by atoms with Crippen LogP contribution in [0.4, 0.5) is 0 Å². The Hall–Kier alpha value is -3.22. The van der Waals surface area contributed by atoms with Gasteiger partial charge in [0.05, 0.1) is 6.54 Å². The number of carbonyl (C=O) groups is 1. The summed E-state index contributed by atoms with van der Waals surface area (Å²) in [6.07, 6.45) is 8.45. The summed E-state index contributed by atoms with van der Waals surface area (Å²) < 4.78 is 7.77. The average Bonchev–Trinajstić information content (AvgIpc) is 3.22. The summed E-state index contributed by atoms with van der Waals surface area (Å²) in [6, 6.07) is 9.41. The van der Waals surface area contributed by atoms with E-state index in [4.69, 9.17) is 4.74 Å². The molecule has 0 bridgehead atoms. The molecule has 1 N–H and O–H groups in total. The Morgan fingerprint density at radius 2 is 1.88 bits per heavy atom. The molecule has 132 valence electrons. The molecule has 0 spiro atoms. The summed E-state index contributed by atoms with van der Waals surface area (Å²) in [5, 5.41) is 7.32. The van der Waals surface area contributed by atoms with Gasteiger partial charge >= 0.3 is 0 Å². The molecule has 26 heavy (non-hydrogen) atoms. The van der Waals surface area contributed by atoms with Gasteiger partial charge < -0.3 is 10.1 Å². The highest BCUT2D eigenvalue weighted by atomic mass is 16.5. The third-order valence-electron chi connectivity index (χ3n) is 4.31. The molecule has 0 saturated carbocycles. The van der Waals surface area contributed by atoms with Gasteiger partial charge in [0.25, 0.3) is 5.91 Å². The van der Waals surface area contributed by atoms with Gasteiger partial charge in [0.2, 0.25) is 0 Å². The Bertz CT molecular complexity index is 856. The van der Waals surface area contributed by atoms with E-state index >= 15 is 0 Å². The van der Waals surface area contributed by atoms with Gasteiger partial charge in [-0.2, -0.15) is 5.10 Å². The van der Waals surface area contributed by atoms with Gasteiger partial charge in [0.15, 0.2) is 0 Å². The molecule has 0 fully saturated rings. The molecule has 7 nitrogen and oxygen atoms in total. The van der Waals surface area contributed by atoms with Crippen molar-refractivity contribution in [2.45, 2.75) is 25.5 Å². The first-order valence-electron chi connectivity index (χ1n) is 8.58. The average molecular weight is 349 g/mol. The first-order valence-corrected chi connectivity index (χ1v) is 8.58. The second kappa shape index (κ2) is 7.35. The van der Waals surface area contributed by atoms with Crippen molar-refractivity contribution in [3.05, 3.63) is 72.1 Å². The molecule has 1 aliphatic rings. The Balaban J connectivity index is 1.29. The predicted octanol–water partition coefficient (Wildman–Crippen LogP) is 1.65. The molecule has 3 aromatic heterocycles. The fourth-order valence-electron chi connectivity index (χ4n) is 3.03. The van der Waals surface area contributed by atoms with Crippen molar-refractivity contribution >= 4 is 5.91 Å². The van der Waals surface area contributed by atoms with Crippen molar-refractivity contribution in [1.29, 1.82) is 0 Å². The SMILES string of the molecule is O=C(NCCc1ccncc1)c1cc2n(n1)C[C@@H](Oc1ccncc1)C2. The van der Waals surface area contributed by atoms with E-state index in [-0.39, 0.29) is 12.0 Å². The van der Waals surface area contributed by atoms with Gasteiger partial charge in [-0.3, -0.25) is 19.4 Å². The molecule has 0 unspecified atom stereocenters. The first-order chi connectivity index (χ1) is 12.8. The minimum atomic E-state index is -0.146. The quantitative estimate of drug-likeness (QED) is 0.732. The number of hydrogen-bond donors (Lipinski definition) is 1. The zero-order chi connectivity index (χ0) is 17.8. The number of nitrogens with zero attached hydrogens (tertiary/aromatic N) is 4. The number of fused-ring (bicyclic) bond motifs is 1. The van der Waals surface area contributed by atoms with Crippen molar-refractivity contribution in [3.63, 3.8) is 0 Å². The Morgan fingerprint density at radius 1 is 1.15 bits per heavy atom. The van der Waals surface area contributed by atoms with E-state index in [1.165, 1.54) is 0 Å². The maximum absolute atomic E-state index is 12.3. The van der Waals surface area contributed by atoms with Crippen molar-refractivity contribution in [2.75, 3.05) is 6.54 Å². The zero-order valence-corrected chi connectivity index (χ0v) is 14.2. The Kier molecular flexibility index (Phi) is 4.59. The number of ether oxygens (including phenoxy) is 1. The standard InChI is InChI=1S/C19H19N5O2/c25-19(22-10-3-14-1-6-20-7-2-14)18-12-15-11-17(13-24(15)23-18)26-16-4-8-21-9-5-16/h1-2,4-9,12,17H,3,10-11,13H2,(H,22,25)/t17-/m0/s1. The third-order valence-corrected chi connectivity index (χ3v) is 4.31. The van der Waals surface area contributed by atoms with Crippen LogP contribution in [0.15, 0.2) is 55.1 Å². The molecule has 3 aromatic rings. The van der Waals surface area contributed by atoms with Crippen LogP contribution in [0.25, 0.3) is 0 Å². The van der Waals surface area contributed by atoms with Gasteiger partial charge in [0, 0.05) is 43.4 Å². The van der Waals surface area contributed by atoms with E-state index in [9.17, 15) is 4.79 Å². The molecule has 0 aromatic carbocycles. The fraction of sp³-hybridized carbons (Fsp3) is 0.263. The van der Waals surface area contributed by atoms with Gasteiger partial charge in [-0.05, 0) is 42.3 Å². The summed E-state index contributed by atoms with van der Waals surface area (Å²) >= 11 is 0. The number of pyridine rings is 2. The third kappa shape index (κ3) is 3.72. The van der Waals surface area contributed by atoms with Crippen LogP contribution in [0.2, 0.25) is 0 Å². The van der Waals surface area contributed by atoms with E-state index in [1.807, 2.05) is 35.0 Å². The van der Waals surface area contributed by atoms with Crippen LogP contribution in [0.3, 0.4) is 0 Å². The van der Waals surface area contributed by atoms with Gasteiger partial charge in [-0.1, -0.05) is 0 Å². The Labute approximate surface area is 151 Å². The molecule has 0 radical (unpaired) electrons. The lowest BCUT2D eigenvalue weighted by molar-refractivity contribution is 0.0947. The number of nitrogens with one attached hydrogen (secondary N) is 1. The van der Waals surface area contributed by atoms with Crippen molar-refractivity contribution in [2.24, 2.45) is 0 Å². The first kappa shape index (κ1) is 16.3. The molecule has 1 aliphatic heterocycles. The molecular formula is C19H19N5O2. The van der Waals surface area contributed by atoms with Crippen LogP contribution in [-0.4, -0.2) is 38.3 Å². The normalized spacial score (nSPS) is 15.5. The molecule has 4 rings (SSSR count). The van der Waals surface area contributed by atoms with Crippen molar-refractivity contribution in [3.8, 4) is 5.75 Å². The van der Waals surface area contributed by atoms with E-state index in [0.29, 0.717) is 18.8 Å². The lowest BCUT2D eigenvalue weighted by atomic mass is 10.2. The van der Waals surface area contributed by atoms with Crippen LogP contribution >= 0.6 is 0 Å². The topological polar surface area (TPSA) is 81.9 Å². The molecule has 0 aliphatic carbocycles. The van der Waals surface area contributed by atoms with Gasteiger partial charge in [0.1, 0.15) is 17.5 Å². The maximum Gasteiger partial charge on any atom is 0.271 e. The number of rotatable bonds is 6. The number of hydrogen-bond acceptors (Lipinski definition) is 5. The smallest absolute Gasteiger partial charge is 0.271 e. The number of carbonyl (C=O) groups excluding carboxylic acids is 1. The lowest BCUT2D eigenvalue weighted by Crippen LogP contribution is -2.26. The largest absolute Gasteiger partial charge is 0.488 e. The van der Waals surface area contributed by atoms with Crippen LogP contribution in [0, 0.1) is 0 Å². The highest BCUT2D eigenvalue weighted by molar-refractivity contribution is 5.92. The zero-order valence-electron chi connectivity index (χ0n) is 14.2. The summed E-state index contributed by atoms with van der Waals surface area (Å²) in [6.45, 7) is 1.21. The Morgan fingerprint density at radius 3 is 2.62 bits per heavy atom. The predicted molar refractivity (Wildman–Crippen MR) is 94.9 cm³/mol. The van der Waals surface area contributed by atoms with Crippen LogP contribution in [-0.2, 0) is 19.4 Å². The van der Waals surface area contributed by atoms with Crippen molar-refractivity contribution < 1.29 is 9.53 Å². The minimum Gasteiger partial charge on any atom is -0.488 e. The number of aromatic nitrogens is 4. The van der Waals surface area contributed by atoms with Crippen LogP contribution < -0.4 is 10.1 Å².